The average Bonchev–Trinajstić information content (AvgIpc) is 2.88. The molecule has 0 fully saturated rings. The molecule has 6 heteroatoms. The summed E-state index contributed by atoms with van der Waals surface area (Å²) in [4.78, 5) is 13.7. The first-order chi connectivity index (χ1) is 10.1. The Kier molecular flexibility index (Phi) is 5.52. The monoisotopic (exact) mass is 322 g/mol. The van der Waals surface area contributed by atoms with Crippen molar-refractivity contribution >= 4 is 28.2 Å². The highest BCUT2D eigenvalue weighted by Gasteiger charge is 2.04. The van der Waals surface area contributed by atoms with Crippen LogP contribution in [-0.4, -0.2) is 16.5 Å². The fourth-order valence-electron chi connectivity index (χ4n) is 1.79. The summed E-state index contributed by atoms with van der Waals surface area (Å²) in [5, 5.41) is 7.66. The van der Waals surface area contributed by atoms with Crippen molar-refractivity contribution in [2.75, 3.05) is 6.26 Å². The SMILES string of the molecule is Cc1ccsc1CNC(=O)NCc1ccc([S@@](C)=O)cc1. The number of hydrogen-bond donors (Lipinski definition) is 2. The van der Waals surface area contributed by atoms with Crippen molar-refractivity contribution in [3.8, 4) is 0 Å². The highest BCUT2D eigenvalue weighted by atomic mass is 32.2. The van der Waals surface area contributed by atoms with Gasteiger partial charge in [0.25, 0.3) is 0 Å². The predicted octanol–water partition coefficient (Wildman–Crippen LogP) is 2.79. The molecule has 1 heterocycles. The molecule has 2 rings (SSSR count). The Hall–Kier alpha value is -1.66. The number of nitrogens with one attached hydrogen (secondary N) is 2. The summed E-state index contributed by atoms with van der Waals surface area (Å²) in [6, 6.07) is 9.24. The van der Waals surface area contributed by atoms with Gasteiger partial charge in [-0.25, -0.2) is 4.79 Å². The van der Waals surface area contributed by atoms with Crippen LogP contribution < -0.4 is 10.6 Å². The van der Waals surface area contributed by atoms with Gasteiger partial charge in [0.1, 0.15) is 0 Å². The van der Waals surface area contributed by atoms with Gasteiger partial charge >= 0.3 is 6.03 Å². The van der Waals surface area contributed by atoms with Crippen LogP contribution in [0, 0.1) is 6.92 Å². The maximum Gasteiger partial charge on any atom is 0.315 e. The number of amides is 2. The lowest BCUT2D eigenvalue weighted by molar-refractivity contribution is 0.240. The number of benzene rings is 1. The van der Waals surface area contributed by atoms with Crippen molar-refractivity contribution in [1.29, 1.82) is 0 Å². The minimum atomic E-state index is -0.971. The second kappa shape index (κ2) is 7.38. The number of hydrogen-bond acceptors (Lipinski definition) is 3. The molecule has 0 saturated carbocycles. The second-order valence-electron chi connectivity index (χ2n) is 4.66. The van der Waals surface area contributed by atoms with Crippen LogP contribution in [0.1, 0.15) is 16.0 Å². The van der Waals surface area contributed by atoms with E-state index in [1.807, 2.05) is 42.6 Å². The Balaban J connectivity index is 1.78. The van der Waals surface area contributed by atoms with E-state index in [0.717, 1.165) is 10.5 Å². The smallest absolute Gasteiger partial charge is 0.315 e. The number of aryl methyl sites for hydroxylation is 1. The fourth-order valence-corrected chi connectivity index (χ4v) is 3.15. The summed E-state index contributed by atoms with van der Waals surface area (Å²) in [6.45, 7) is 3.03. The van der Waals surface area contributed by atoms with Crippen molar-refractivity contribution in [2.45, 2.75) is 24.9 Å². The van der Waals surface area contributed by atoms with Crippen molar-refractivity contribution in [3.05, 3.63) is 51.7 Å². The van der Waals surface area contributed by atoms with Crippen LogP contribution in [0.2, 0.25) is 0 Å². The highest BCUT2D eigenvalue weighted by Crippen LogP contribution is 2.14. The summed E-state index contributed by atoms with van der Waals surface area (Å²) in [5.74, 6) is 0. The Labute approximate surface area is 131 Å². The first kappa shape index (κ1) is 15.7. The largest absolute Gasteiger partial charge is 0.334 e. The lowest BCUT2D eigenvalue weighted by Gasteiger charge is -2.08. The van der Waals surface area contributed by atoms with Crippen molar-refractivity contribution < 1.29 is 9.00 Å². The van der Waals surface area contributed by atoms with E-state index in [4.69, 9.17) is 0 Å². The van der Waals surface area contributed by atoms with E-state index < -0.39 is 10.8 Å². The minimum Gasteiger partial charge on any atom is -0.334 e. The van der Waals surface area contributed by atoms with Crippen LogP contribution in [0.25, 0.3) is 0 Å². The van der Waals surface area contributed by atoms with Crippen LogP contribution in [0.15, 0.2) is 40.6 Å². The van der Waals surface area contributed by atoms with Gasteiger partial charge in [-0.15, -0.1) is 11.3 Å². The zero-order valence-corrected chi connectivity index (χ0v) is 13.6. The molecule has 1 atom stereocenters. The Morgan fingerprint density at radius 1 is 1.14 bits per heavy atom. The summed E-state index contributed by atoms with van der Waals surface area (Å²) in [5.41, 5.74) is 2.18. The number of carbonyl (C=O) groups excluding carboxylic acids is 1. The molecule has 0 aliphatic heterocycles. The second-order valence-corrected chi connectivity index (χ2v) is 7.04. The first-order valence-electron chi connectivity index (χ1n) is 6.53. The van der Waals surface area contributed by atoms with Gasteiger partial charge in [-0.3, -0.25) is 4.21 Å². The molecule has 4 nitrogen and oxygen atoms in total. The number of carbonyl (C=O) groups is 1. The standard InChI is InChI=1S/C15H18N2O2S2/c1-11-7-8-20-14(11)10-17-15(18)16-9-12-3-5-13(6-4-12)21(2)19/h3-8H,9-10H2,1-2H3,(H2,16,17,18)/t21-/m1/s1. The molecule has 0 aliphatic rings. The summed E-state index contributed by atoms with van der Waals surface area (Å²) in [6.07, 6.45) is 1.65. The van der Waals surface area contributed by atoms with Crippen LogP contribution in [0.3, 0.4) is 0 Å². The van der Waals surface area contributed by atoms with Crippen molar-refractivity contribution in [2.24, 2.45) is 0 Å². The Bertz CT molecular complexity index is 635. The van der Waals surface area contributed by atoms with Crippen molar-refractivity contribution in [3.63, 3.8) is 0 Å². The topological polar surface area (TPSA) is 58.2 Å². The summed E-state index contributed by atoms with van der Waals surface area (Å²) >= 11 is 1.64. The van der Waals surface area contributed by atoms with E-state index in [-0.39, 0.29) is 6.03 Å². The normalized spacial score (nSPS) is 11.9. The van der Waals surface area contributed by atoms with E-state index in [9.17, 15) is 9.00 Å². The number of thiophene rings is 1. The van der Waals surface area contributed by atoms with E-state index in [0.29, 0.717) is 13.1 Å². The average molecular weight is 322 g/mol. The van der Waals surface area contributed by atoms with Crippen LogP contribution in [0.4, 0.5) is 4.79 Å². The van der Waals surface area contributed by atoms with Crippen LogP contribution in [-0.2, 0) is 23.9 Å². The maximum atomic E-state index is 11.7. The fraction of sp³-hybridized carbons (Fsp3) is 0.267. The summed E-state index contributed by atoms with van der Waals surface area (Å²) < 4.78 is 11.3. The molecule has 0 unspecified atom stereocenters. The zero-order chi connectivity index (χ0) is 15.2. The molecule has 2 aromatic rings. The van der Waals surface area contributed by atoms with Gasteiger partial charge in [0, 0.05) is 33.4 Å². The molecular weight excluding hydrogens is 304 g/mol. The molecule has 1 aromatic carbocycles. The maximum absolute atomic E-state index is 11.7. The third kappa shape index (κ3) is 4.68. The molecule has 0 saturated heterocycles. The van der Waals surface area contributed by atoms with E-state index in [1.165, 1.54) is 10.4 Å². The molecule has 0 radical (unpaired) electrons. The lowest BCUT2D eigenvalue weighted by Crippen LogP contribution is -2.34. The van der Waals surface area contributed by atoms with Crippen LogP contribution >= 0.6 is 11.3 Å². The van der Waals surface area contributed by atoms with Gasteiger partial charge in [-0.2, -0.15) is 0 Å². The van der Waals surface area contributed by atoms with Gasteiger partial charge in [0.15, 0.2) is 0 Å². The third-order valence-corrected chi connectivity index (χ3v) is 5.05. The molecule has 2 N–H and O–H groups in total. The van der Waals surface area contributed by atoms with Gasteiger partial charge in [0.05, 0.1) is 6.54 Å². The molecule has 1 aromatic heterocycles. The predicted molar refractivity (Wildman–Crippen MR) is 86.9 cm³/mol. The molecule has 112 valence electrons. The van der Waals surface area contributed by atoms with Gasteiger partial charge in [0.2, 0.25) is 0 Å². The summed E-state index contributed by atoms with van der Waals surface area (Å²) in [7, 11) is -0.971. The van der Waals surface area contributed by atoms with E-state index >= 15 is 0 Å². The number of rotatable bonds is 5. The van der Waals surface area contributed by atoms with E-state index in [2.05, 4.69) is 10.6 Å². The minimum absolute atomic E-state index is 0.189. The molecule has 0 spiro atoms. The van der Waals surface area contributed by atoms with E-state index in [1.54, 1.807) is 17.6 Å². The Morgan fingerprint density at radius 3 is 2.38 bits per heavy atom. The van der Waals surface area contributed by atoms with Gasteiger partial charge in [-0.05, 0) is 41.6 Å². The third-order valence-electron chi connectivity index (χ3n) is 3.09. The van der Waals surface area contributed by atoms with Crippen LogP contribution in [0.5, 0.6) is 0 Å². The Morgan fingerprint density at radius 2 is 1.81 bits per heavy atom. The zero-order valence-electron chi connectivity index (χ0n) is 12.0. The number of urea groups is 1. The first-order valence-corrected chi connectivity index (χ1v) is 8.97. The molecular formula is C15H18N2O2S2. The van der Waals surface area contributed by atoms with Gasteiger partial charge < -0.3 is 10.6 Å². The lowest BCUT2D eigenvalue weighted by atomic mass is 10.2. The molecule has 0 aliphatic carbocycles. The van der Waals surface area contributed by atoms with Gasteiger partial charge in [-0.1, -0.05) is 12.1 Å². The molecule has 0 bridgehead atoms. The molecule has 21 heavy (non-hydrogen) atoms. The molecule has 2 amide bonds. The highest BCUT2D eigenvalue weighted by molar-refractivity contribution is 7.84. The van der Waals surface area contributed by atoms with Crippen molar-refractivity contribution in [1.82, 2.24) is 10.6 Å². The quantitative estimate of drug-likeness (QED) is 0.889.